The summed E-state index contributed by atoms with van der Waals surface area (Å²) < 4.78 is 5.19. The van der Waals surface area contributed by atoms with Crippen LogP contribution in [0.3, 0.4) is 0 Å². The summed E-state index contributed by atoms with van der Waals surface area (Å²) in [7, 11) is 0. The third-order valence-electron chi connectivity index (χ3n) is 5.52. The van der Waals surface area contributed by atoms with E-state index in [0.29, 0.717) is 30.3 Å². The second kappa shape index (κ2) is 8.05. The van der Waals surface area contributed by atoms with Crippen molar-refractivity contribution in [2.75, 3.05) is 6.61 Å². The van der Waals surface area contributed by atoms with Crippen molar-refractivity contribution < 1.29 is 9.53 Å². The molecule has 120 valence electrons. The number of rotatable bonds is 8. The third kappa shape index (κ3) is 4.79. The summed E-state index contributed by atoms with van der Waals surface area (Å²) in [5, 5.41) is 0. The van der Waals surface area contributed by atoms with Gasteiger partial charge in [0.1, 0.15) is 0 Å². The highest BCUT2D eigenvalue weighted by Crippen LogP contribution is 2.47. The van der Waals surface area contributed by atoms with Gasteiger partial charge >= 0.3 is 5.97 Å². The third-order valence-corrected chi connectivity index (χ3v) is 5.52. The van der Waals surface area contributed by atoms with Crippen LogP contribution in [0.15, 0.2) is 0 Å². The SMILES string of the molecule is CCOC(=O)C(C)CC(C)(C(C)C(C)C)C(C)C(C)C. The molecule has 0 rings (SSSR count). The monoisotopic (exact) mass is 284 g/mol. The zero-order valence-corrected chi connectivity index (χ0v) is 15.1. The molecule has 0 saturated carbocycles. The van der Waals surface area contributed by atoms with E-state index in [9.17, 15) is 4.79 Å². The molecule has 0 aromatic heterocycles. The van der Waals surface area contributed by atoms with Crippen LogP contribution < -0.4 is 0 Å². The first-order chi connectivity index (χ1) is 9.07. The van der Waals surface area contributed by atoms with Crippen LogP contribution in [0.4, 0.5) is 0 Å². The lowest BCUT2D eigenvalue weighted by atomic mass is 9.59. The van der Waals surface area contributed by atoms with Gasteiger partial charge in [-0.05, 0) is 42.4 Å². The van der Waals surface area contributed by atoms with Crippen molar-refractivity contribution in [1.29, 1.82) is 0 Å². The molecule has 2 nitrogen and oxygen atoms in total. The minimum absolute atomic E-state index is 0.0256. The Labute approximate surface area is 126 Å². The van der Waals surface area contributed by atoms with E-state index in [2.05, 4.69) is 48.5 Å². The van der Waals surface area contributed by atoms with Gasteiger partial charge in [0.05, 0.1) is 12.5 Å². The fourth-order valence-corrected chi connectivity index (χ4v) is 3.34. The van der Waals surface area contributed by atoms with Crippen LogP contribution in [0.1, 0.15) is 68.7 Å². The lowest BCUT2D eigenvalue weighted by Gasteiger charge is -2.46. The maximum absolute atomic E-state index is 12.0. The molecule has 0 spiro atoms. The molecular formula is C18H36O2. The molecular weight excluding hydrogens is 248 g/mol. The predicted molar refractivity (Wildman–Crippen MR) is 86.5 cm³/mol. The number of carbonyl (C=O) groups excluding carboxylic acids is 1. The van der Waals surface area contributed by atoms with Crippen LogP contribution >= 0.6 is 0 Å². The van der Waals surface area contributed by atoms with Crippen LogP contribution in [0.2, 0.25) is 0 Å². The van der Waals surface area contributed by atoms with Crippen LogP contribution in [-0.4, -0.2) is 12.6 Å². The van der Waals surface area contributed by atoms with Gasteiger partial charge in [-0.15, -0.1) is 0 Å². The highest BCUT2D eigenvalue weighted by atomic mass is 16.5. The molecule has 0 N–H and O–H groups in total. The van der Waals surface area contributed by atoms with Crippen molar-refractivity contribution >= 4 is 5.97 Å². The maximum Gasteiger partial charge on any atom is 0.308 e. The van der Waals surface area contributed by atoms with Gasteiger partial charge in [0.2, 0.25) is 0 Å². The van der Waals surface area contributed by atoms with E-state index in [1.54, 1.807) is 0 Å². The van der Waals surface area contributed by atoms with Crippen LogP contribution in [-0.2, 0) is 9.53 Å². The zero-order chi connectivity index (χ0) is 16.1. The molecule has 0 fully saturated rings. The minimum Gasteiger partial charge on any atom is -0.466 e. The number of carbonyl (C=O) groups is 1. The van der Waals surface area contributed by atoms with Crippen molar-refractivity contribution in [2.45, 2.75) is 68.7 Å². The predicted octanol–water partition coefficient (Wildman–Crippen LogP) is 5.17. The highest BCUT2D eigenvalue weighted by Gasteiger charge is 2.41. The van der Waals surface area contributed by atoms with Gasteiger partial charge < -0.3 is 4.74 Å². The van der Waals surface area contributed by atoms with Crippen LogP contribution in [0.5, 0.6) is 0 Å². The van der Waals surface area contributed by atoms with Crippen LogP contribution in [0, 0.1) is 35.0 Å². The molecule has 0 amide bonds. The van der Waals surface area contributed by atoms with Gasteiger partial charge in [-0.1, -0.05) is 55.4 Å². The summed E-state index contributed by atoms with van der Waals surface area (Å²) in [6.07, 6.45) is 0.907. The Morgan fingerprint density at radius 3 is 1.65 bits per heavy atom. The number of esters is 1. The normalized spacial score (nSPS) is 19.6. The Balaban J connectivity index is 5.18. The molecule has 0 saturated heterocycles. The Morgan fingerprint density at radius 2 is 1.35 bits per heavy atom. The summed E-state index contributed by atoms with van der Waals surface area (Å²) in [5.41, 5.74) is 0.161. The first-order valence-electron chi connectivity index (χ1n) is 8.24. The zero-order valence-electron chi connectivity index (χ0n) is 15.1. The summed E-state index contributed by atoms with van der Waals surface area (Å²) in [5.74, 6) is 2.33. The Kier molecular flexibility index (Phi) is 7.83. The van der Waals surface area contributed by atoms with Crippen molar-refractivity contribution in [3.05, 3.63) is 0 Å². The maximum atomic E-state index is 12.0. The van der Waals surface area contributed by atoms with Gasteiger partial charge in [-0.2, -0.15) is 0 Å². The molecule has 2 heteroatoms. The molecule has 0 aromatic carbocycles. The van der Waals surface area contributed by atoms with E-state index in [4.69, 9.17) is 4.74 Å². The van der Waals surface area contributed by atoms with E-state index >= 15 is 0 Å². The first-order valence-corrected chi connectivity index (χ1v) is 8.24. The van der Waals surface area contributed by atoms with E-state index in [-0.39, 0.29) is 17.3 Å². The number of ether oxygens (including phenoxy) is 1. The Hall–Kier alpha value is -0.530. The largest absolute Gasteiger partial charge is 0.466 e. The summed E-state index contributed by atoms with van der Waals surface area (Å²) in [6.45, 7) is 20.5. The second-order valence-electron chi connectivity index (χ2n) is 7.43. The minimum atomic E-state index is -0.0503. The van der Waals surface area contributed by atoms with Crippen molar-refractivity contribution in [1.82, 2.24) is 0 Å². The smallest absolute Gasteiger partial charge is 0.308 e. The summed E-state index contributed by atoms with van der Waals surface area (Å²) >= 11 is 0. The molecule has 0 aliphatic rings. The number of hydrogen-bond donors (Lipinski definition) is 0. The molecule has 0 radical (unpaired) electrons. The molecule has 3 unspecified atom stereocenters. The second-order valence-corrected chi connectivity index (χ2v) is 7.43. The Morgan fingerprint density at radius 1 is 0.950 bits per heavy atom. The molecule has 20 heavy (non-hydrogen) atoms. The fraction of sp³-hybridized carbons (Fsp3) is 0.944. The van der Waals surface area contributed by atoms with E-state index < -0.39 is 0 Å². The van der Waals surface area contributed by atoms with E-state index in [0.717, 1.165) is 6.42 Å². The molecule has 0 bridgehead atoms. The lowest BCUT2D eigenvalue weighted by Crippen LogP contribution is -2.40. The Bertz CT molecular complexity index is 280. The molecule has 0 heterocycles. The van der Waals surface area contributed by atoms with E-state index in [1.807, 2.05) is 13.8 Å². The molecule has 0 aliphatic heterocycles. The van der Waals surface area contributed by atoms with Gasteiger partial charge in [0.25, 0.3) is 0 Å². The average Bonchev–Trinajstić information content (AvgIpc) is 2.36. The standard InChI is InChI=1S/C18H36O2/c1-10-20-17(19)14(6)11-18(9,15(7)12(2)3)16(8)13(4)5/h12-16H,10-11H2,1-9H3. The number of hydrogen-bond acceptors (Lipinski definition) is 2. The molecule has 0 aliphatic carbocycles. The fourth-order valence-electron chi connectivity index (χ4n) is 3.34. The van der Waals surface area contributed by atoms with Crippen molar-refractivity contribution in [3.8, 4) is 0 Å². The van der Waals surface area contributed by atoms with E-state index in [1.165, 1.54) is 0 Å². The first kappa shape index (κ1) is 19.5. The molecule has 0 aromatic rings. The van der Waals surface area contributed by atoms with Crippen molar-refractivity contribution in [2.24, 2.45) is 35.0 Å². The lowest BCUT2D eigenvalue weighted by molar-refractivity contribution is -0.149. The average molecular weight is 284 g/mol. The van der Waals surface area contributed by atoms with Gasteiger partial charge in [0, 0.05) is 0 Å². The summed E-state index contributed by atoms with van der Waals surface area (Å²) in [6, 6.07) is 0. The highest BCUT2D eigenvalue weighted by molar-refractivity contribution is 5.72. The van der Waals surface area contributed by atoms with Gasteiger partial charge in [-0.3, -0.25) is 4.79 Å². The van der Waals surface area contributed by atoms with Crippen molar-refractivity contribution in [3.63, 3.8) is 0 Å². The quantitative estimate of drug-likeness (QED) is 0.575. The van der Waals surface area contributed by atoms with Crippen LogP contribution in [0.25, 0.3) is 0 Å². The topological polar surface area (TPSA) is 26.3 Å². The molecule has 3 atom stereocenters. The van der Waals surface area contributed by atoms with Gasteiger partial charge in [-0.25, -0.2) is 0 Å². The van der Waals surface area contributed by atoms with Gasteiger partial charge in [0.15, 0.2) is 0 Å². The summed E-state index contributed by atoms with van der Waals surface area (Å²) in [4.78, 5) is 12.0.